The number of rotatable bonds is 2. The number of hydrogen-bond donors (Lipinski definition) is 0. The lowest BCUT2D eigenvalue weighted by Gasteiger charge is -1.84. The van der Waals surface area contributed by atoms with E-state index < -0.39 is 4.92 Å². The van der Waals surface area contributed by atoms with Gasteiger partial charge in [-0.25, -0.2) is 0 Å². The zero-order chi connectivity index (χ0) is 8.27. The van der Waals surface area contributed by atoms with E-state index in [0.29, 0.717) is 10.4 Å². The minimum atomic E-state index is -0.410. The summed E-state index contributed by atoms with van der Waals surface area (Å²) >= 11 is 1.24. The molecule has 0 radical (unpaired) electrons. The van der Waals surface area contributed by atoms with E-state index in [1.54, 1.807) is 5.38 Å². The van der Waals surface area contributed by atoms with Crippen molar-refractivity contribution in [2.24, 2.45) is 0 Å². The summed E-state index contributed by atoms with van der Waals surface area (Å²) in [6.07, 6.45) is 0. The zero-order valence-corrected chi connectivity index (χ0v) is 6.30. The number of hydrogen-bond acceptors (Lipinski definition) is 4. The molecule has 0 amide bonds. The Morgan fingerprint density at radius 1 is 1.82 bits per heavy atom. The average Bonchev–Trinajstić information content (AvgIpc) is 2.34. The Balaban J connectivity index is 2.75. The fourth-order valence-corrected chi connectivity index (χ4v) is 1.42. The van der Waals surface area contributed by atoms with E-state index in [1.165, 1.54) is 17.4 Å². The summed E-state index contributed by atoms with van der Waals surface area (Å²) in [4.78, 5) is 10.2. The van der Waals surface area contributed by atoms with Crippen LogP contribution < -0.4 is 0 Å². The molecule has 0 aliphatic rings. The van der Waals surface area contributed by atoms with Gasteiger partial charge in [-0.2, -0.15) is 5.26 Å². The van der Waals surface area contributed by atoms with Crippen LogP contribution in [0.5, 0.6) is 0 Å². The van der Waals surface area contributed by atoms with Crippen LogP contribution in [0.25, 0.3) is 0 Å². The number of nitrogens with zero attached hydrogens (tertiary/aromatic N) is 2. The van der Waals surface area contributed by atoms with Gasteiger partial charge in [0.25, 0.3) is 0 Å². The molecule has 5 heteroatoms. The molecule has 0 saturated heterocycles. The minimum Gasteiger partial charge on any atom is -0.264 e. The van der Waals surface area contributed by atoms with Crippen molar-refractivity contribution in [1.82, 2.24) is 0 Å². The Morgan fingerprint density at radius 2 is 2.55 bits per heavy atom. The van der Waals surface area contributed by atoms with Gasteiger partial charge in [-0.15, -0.1) is 11.3 Å². The van der Waals surface area contributed by atoms with Gasteiger partial charge in [0.2, 0.25) is 6.54 Å². The van der Waals surface area contributed by atoms with Crippen molar-refractivity contribution in [3.63, 3.8) is 0 Å². The molecular formula is C6H4N2O2S. The molecule has 0 spiro atoms. The van der Waals surface area contributed by atoms with Crippen molar-refractivity contribution in [3.8, 4) is 6.07 Å². The Kier molecular flexibility index (Phi) is 2.18. The molecule has 0 bridgehead atoms. The highest BCUT2D eigenvalue weighted by atomic mass is 32.1. The monoisotopic (exact) mass is 168 g/mol. The van der Waals surface area contributed by atoms with Gasteiger partial charge in [0, 0.05) is 10.3 Å². The lowest BCUT2D eigenvalue weighted by Crippen LogP contribution is -1.94. The lowest BCUT2D eigenvalue weighted by molar-refractivity contribution is -0.496. The van der Waals surface area contributed by atoms with Gasteiger partial charge < -0.3 is 0 Å². The van der Waals surface area contributed by atoms with Crippen molar-refractivity contribution in [2.45, 2.75) is 6.54 Å². The fourth-order valence-electron chi connectivity index (χ4n) is 0.649. The highest BCUT2D eigenvalue weighted by Gasteiger charge is 2.04. The third-order valence-electron chi connectivity index (χ3n) is 1.07. The van der Waals surface area contributed by atoms with Gasteiger partial charge in [0.05, 0.1) is 10.4 Å². The van der Waals surface area contributed by atoms with Crippen LogP contribution in [0.1, 0.15) is 10.4 Å². The maximum atomic E-state index is 10.00. The van der Waals surface area contributed by atoms with Gasteiger partial charge in [-0.05, 0) is 6.07 Å². The molecule has 0 unspecified atom stereocenters. The van der Waals surface area contributed by atoms with E-state index in [-0.39, 0.29) is 6.54 Å². The molecule has 0 aromatic carbocycles. The second kappa shape index (κ2) is 3.12. The predicted octanol–water partition coefficient (Wildman–Crippen LogP) is 1.40. The molecule has 0 atom stereocenters. The second-order valence-corrected chi connectivity index (χ2v) is 2.90. The summed E-state index contributed by atoms with van der Waals surface area (Å²) in [7, 11) is 0. The third-order valence-corrected chi connectivity index (χ3v) is 1.99. The van der Waals surface area contributed by atoms with Crippen LogP contribution in [0.3, 0.4) is 0 Å². The SMILES string of the molecule is N#Cc1csc(C[N+](=O)[O-])c1. The quantitative estimate of drug-likeness (QED) is 0.495. The second-order valence-electron chi connectivity index (χ2n) is 1.90. The molecule has 0 saturated carbocycles. The van der Waals surface area contributed by atoms with Crippen molar-refractivity contribution >= 4 is 11.3 Å². The lowest BCUT2D eigenvalue weighted by atomic mass is 10.3. The Bertz CT molecular complexity index is 313. The standard InChI is InChI=1S/C6H4N2O2S/c7-2-5-1-6(11-4-5)3-8(9)10/h1,4H,3H2. The molecular weight excluding hydrogens is 164 g/mol. The minimum absolute atomic E-state index is 0.188. The summed E-state index contributed by atoms with van der Waals surface area (Å²) in [5.41, 5.74) is 0.492. The molecule has 1 aromatic rings. The summed E-state index contributed by atoms with van der Waals surface area (Å²) < 4.78 is 0. The van der Waals surface area contributed by atoms with E-state index >= 15 is 0 Å². The maximum absolute atomic E-state index is 10.00. The largest absolute Gasteiger partial charge is 0.264 e. The van der Waals surface area contributed by atoms with Crippen LogP contribution in [0, 0.1) is 21.4 Å². The van der Waals surface area contributed by atoms with Crippen molar-refractivity contribution in [2.75, 3.05) is 0 Å². The predicted molar refractivity (Wildman–Crippen MR) is 39.7 cm³/mol. The summed E-state index contributed by atoms with van der Waals surface area (Å²) in [6, 6.07) is 3.44. The molecule has 1 heterocycles. The van der Waals surface area contributed by atoms with Crippen LogP contribution >= 0.6 is 11.3 Å². The normalized spacial score (nSPS) is 9.00. The van der Waals surface area contributed by atoms with Gasteiger partial charge in [-0.1, -0.05) is 0 Å². The average molecular weight is 168 g/mol. The number of nitro groups is 1. The molecule has 11 heavy (non-hydrogen) atoms. The smallest absolute Gasteiger partial charge is 0.237 e. The van der Waals surface area contributed by atoms with Crippen LogP contribution in [0.4, 0.5) is 0 Å². The summed E-state index contributed by atoms with van der Waals surface area (Å²) in [5, 5.41) is 20.0. The van der Waals surface area contributed by atoms with Gasteiger partial charge in [0.1, 0.15) is 6.07 Å². The molecule has 4 nitrogen and oxygen atoms in total. The topological polar surface area (TPSA) is 66.9 Å². The summed E-state index contributed by atoms with van der Waals surface area (Å²) in [5.74, 6) is 0. The molecule has 0 fully saturated rings. The Hall–Kier alpha value is -1.41. The first kappa shape index (κ1) is 7.69. The van der Waals surface area contributed by atoms with E-state index in [9.17, 15) is 10.1 Å². The van der Waals surface area contributed by atoms with E-state index in [0.717, 1.165) is 0 Å². The first-order valence-corrected chi connectivity index (χ1v) is 3.69. The molecule has 0 N–H and O–H groups in total. The Labute approximate surface area is 66.8 Å². The van der Waals surface area contributed by atoms with E-state index in [4.69, 9.17) is 5.26 Å². The van der Waals surface area contributed by atoms with Crippen molar-refractivity contribution in [3.05, 3.63) is 32.0 Å². The maximum Gasteiger partial charge on any atom is 0.237 e. The van der Waals surface area contributed by atoms with Gasteiger partial charge in [0.15, 0.2) is 0 Å². The third kappa shape index (κ3) is 2.02. The molecule has 1 rings (SSSR count). The molecule has 0 aliphatic carbocycles. The molecule has 56 valence electrons. The first-order valence-electron chi connectivity index (χ1n) is 2.81. The number of thiophene rings is 1. The van der Waals surface area contributed by atoms with Crippen LogP contribution in [0.2, 0.25) is 0 Å². The van der Waals surface area contributed by atoms with Gasteiger partial charge in [-0.3, -0.25) is 10.1 Å². The van der Waals surface area contributed by atoms with Crippen molar-refractivity contribution in [1.29, 1.82) is 5.26 Å². The van der Waals surface area contributed by atoms with Crippen molar-refractivity contribution < 1.29 is 4.92 Å². The van der Waals surface area contributed by atoms with Crippen LogP contribution in [-0.4, -0.2) is 4.92 Å². The Morgan fingerprint density at radius 3 is 3.00 bits per heavy atom. The van der Waals surface area contributed by atoms with Gasteiger partial charge >= 0.3 is 0 Å². The van der Waals surface area contributed by atoms with E-state index in [1.807, 2.05) is 6.07 Å². The van der Waals surface area contributed by atoms with Crippen LogP contribution in [0.15, 0.2) is 11.4 Å². The first-order chi connectivity index (χ1) is 5.22. The number of nitriles is 1. The van der Waals surface area contributed by atoms with E-state index in [2.05, 4.69) is 0 Å². The fraction of sp³-hybridized carbons (Fsp3) is 0.167. The highest BCUT2D eigenvalue weighted by molar-refractivity contribution is 7.10. The highest BCUT2D eigenvalue weighted by Crippen LogP contribution is 2.13. The molecule has 0 aliphatic heterocycles. The molecule has 1 aromatic heterocycles. The summed E-state index contributed by atoms with van der Waals surface area (Å²) in [6.45, 7) is -0.188. The zero-order valence-electron chi connectivity index (χ0n) is 5.48. The van der Waals surface area contributed by atoms with Crippen LogP contribution in [-0.2, 0) is 6.54 Å².